The van der Waals surface area contributed by atoms with Crippen molar-refractivity contribution in [3.05, 3.63) is 0 Å². The highest BCUT2D eigenvalue weighted by molar-refractivity contribution is 5.64. The first-order valence-corrected chi connectivity index (χ1v) is 5.11. The highest BCUT2D eigenvalue weighted by Crippen LogP contribution is 2.32. The van der Waals surface area contributed by atoms with Crippen LogP contribution in [0.5, 0.6) is 0 Å². The fourth-order valence-corrected chi connectivity index (χ4v) is 1.99. The third-order valence-electron chi connectivity index (χ3n) is 2.71. The fourth-order valence-electron chi connectivity index (χ4n) is 1.99. The zero-order valence-electron chi connectivity index (χ0n) is 8.96. The predicted molar refractivity (Wildman–Crippen MR) is 50.8 cm³/mol. The highest BCUT2D eigenvalue weighted by atomic mass is 19.4. The van der Waals surface area contributed by atoms with Crippen molar-refractivity contribution in [1.82, 2.24) is 4.90 Å². The number of primary amides is 1. The molecule has 1 fully saturated rings. The standard InChI is InChI=1S/C9H15F3N2O2/c1-2-14-5-6(16-8(13)15)3-4-7(14)9(10,11)12/h6-7H,2-5H2,1H3,(H2,13,15). The molecule has 1 heterocycles. The zero-order valence-corrected chi connectivity index (χ0v) is 8.96. The minimum Gasteiger partial charge on any atom is -0.445 e. The number of nitrogens with zero attached hydrogens (tertiary/aromatic N) is 1. The Morgan fingerprint density at radius 2 is 2.12 bits per heavy atom. The summed E-state index contributed by atoms with van der Waals surface area (Å²) in [7, 11) is 0. The molecule has 94 valence electrons. The van der Waals surface area contributed by atoms with E-state index in [2.05, 4.69) is 0 Å². The highest BCUT2D eigenvalue weighted by Gasteiger charge is 2.46. The van der Waals surface area contributed by atoms with Gasteiger partial charge >= 0.3 is 12.3 Å². The SMILES string of the molecule is CCN1CC(OC(N)=O)CCC1C(F)(F)F. The fraction of sp³-hybridized carbons (Fsp3) is 0.889. The summed E-state index contributed by atoms with van der Waals surface area (Å²) in [6.07, 6.45) is -5.56. The Morgan fingerprint density at radius 3 is 2.56 bits per heavy atom. The van der Waals surface area contributed by atoms with Crippen LogP contribution in [0.4, 0.5) is 18.0 Å². The number of likely N-dealkylation sites (tertiary alicyclic amines) is 1. The molecule has 1 aliphatic rings. The molecule has 0 aromatic rings. The van der Waals surface area contributed by atoms with E-state index in [0.29, 0.717) is 0 Å². The van der Waals surface area contributed by atoms with Crippen LogP contribution in [0, 0.1) is 0 Å². The second-order valence-corrected chi connectivity index (χ2v) is 3.78. The Balaban J connectivity index is 2.60. The molecule has 2 unspecified atom stereocenters. The number of ether oxygens (including phenoxy) is 1. The minimum atomic E-state index is -4.23. The molecule has 7 heteroatoms. The average Bonchev–Trinajstić information content (AvgIpc) is 2.14. The van der Waals surface area contributed by atoms with E-state index in [1.807, 2.05) is 0 Å². The molecule has 1 saturated heterocycles. The number of halogens is 3. The summed E-state index contributed by atoms with van der Waals surface area (Å²) in [5.74, 6) is 0. The van der Waals surface area contributed by atoms with Crippen molar-refractivity contribution in [1.29, 1.82) is 0 Å². The maximum Gasteiger partial charge on any atom is 0.404 e. The largest absolute Gasteiger partial charge is 0.445 e. The van der Waals surface area contributed by atoms with Crippen LogP contribution >= 0.6 is 0 Å². The van der Waals surface area contributed by atoms with Crippen molar-refractivity contribution >= 4 is 6.09 Å². The van der Waals surface area contributed by atoms with Gasteiger partial charge in [0.25, 0.3) is 0 Å². The van der Waals surface area contributed by atoms with Crippen molar-refractivity contribution in [3.63, 3.8) is 0 Å². The normalized spacial score (nSPS) is 27.8. The second kappa shape index (κ2) is 4.90. The summed E-state index contributed by atoms with van der Waals surface area (Å²) in [6.45, 7) is 2.00. The molecule has 2 N–H and O–H groups in total. The molecule has 0 bridgehead atoms. The Hall–Kier alpha value is -0.980. The Labute approximate surface area is 91.5 Å². The Bertz CT molecular complexity index is 258. The van der Waals surface area contributed by atoms with Gasteiger partial charge in [-0.25, -0.2) is 4.79 Å². The van der Waals surface area contributed by atoms with Crippen LogP contribution in [-0.2, 0) is 4.74 Å². The van der Waals surface area contributed by atoms with Gasteiger partial charge in [-0.05, 0) is 19.4 Å². The van der Waals surface area contributed by atoms with E-state index in [1.165, 1.54) is 4.90 Å². The molecule has 0 aromatic heterocycles. The number of amides is 1. The van der Waals surface area contributed by atoms with Gasteiger partial charge in [0, 0.05) is 6.54 Å². The van der Waals surface area contributed by atoms with Crippen LogP contribution in [0.2, 0.25) is 0 Å². The van der Waals surface area contributed by atoms with Crippen LogP contribution in [0.25, 0.3) is 0 Å². The summed E-state index contributed by atoms with van der Waals surface area (Å²) in [4.78, 5) is 11.8. The zero-order chi connectivity index (χ0) is 12.3. The van der Waals surface area contributed by atoms with Gasteiger partial charge in [0.1, 0.15) is 12.1 Å². The topological polar surface area (TPSA) is 55.6 Å². The number of likely N-dealkylation sites (N-methyl/N-ethyl adjacent to an activating group) is 1. The van der Waals surface area contributed by atoms with E-state index < -0.39 is 24.4 Å². The smallest absolute Gasteiger partial charge is 0.404 e. The lowest BCUT2D eigenvalue weighted by Gasteiger charge is -2.39. The van der Waals surface area contributed by atoms with E-state index in [0.717, 1.165) is 0 Å². The lowest BCUT2D eigenvalue weighted by atomic mass is 9.99. The molecule has 4 nitrogen and oxygen atoms in total. The van der Waals surface area contributed by atoms with Gasteiger partial charge in [-0.1, -0.05) is 6.92 Å². The van der Waals surface area contributed by atoms with Crippen molar-refractivity contribution in [3.8, 4) is 0 Å². The minimum absolute atomic E-state index is 0.0602. The number of rotatable bonds is 2. The van der Waals surface area contributed by atoms with Gasteiger partial charge in [0.05, 0.1) is 0 Å². The quantitative estimate of drug-likeness (QED) is 0.795. The third kappa shape index (κ3) is 3.26. The van der Waals surface area contributed by atoms with E-state index in [-0.39, 0.29) is 25.9 Å². The number of alkyl halides is 3. The number of hydrogen-bond donors (Lipinski definition) is 1. The number of nitrogens with two attached hydrogens (primary N) is 1. The summed E-state index contributed by atoms with van der Waals surface area (Å²) in [6, 6.07) is -1.44. The van der Waals surface area contributed by atoms with Crippen LogP contribution in [0.3, 0.4) is 0 Å². The van der Waals surface area contributed by atoms with E-state index in [9.17, 15) is 18.0 Å². The Morgan fingerprint density at radius 1 is 1.50 bits per heavy atom. The first-order valence-electron chi connectivity index (χ1n) is 5.11. The molecule has 0 radical (unpaired) electrons. The van der Waals surface area contributed by atoms with E-state index in [4.69, 9.17) is 10.5 Å². The molecule has 16 heavy (non-hydrogen) atoms. The first kappa shape index (κ1) is 13.1. The molecular formula is C9H15F3N2O2. The van der Waals surface area contributed by atoms with Crippen molar-refractivity contribution < 1.29 is 22.7 Å². The first-order chi connectivity index (χ1) is 7.34. The average molecular weight is 240 g/mol. The predicted octanol–water partition coefficient (Wildman–Crippen LogP) is 1.50. The Kier molecular flexibility index (Phi) is 4.01. The van der Waals surface area contributed by atoms with E-state index in [1.54, 1.807) is 6.92 Å². The molecule has 0 aliphatic carbocycles. The lowest BCUT2D eigenvalue weighted by Crippen LogP contribution is -2.53. The lowest BCUT2D eigenvalue weighted by molar-refractivity contribution is -0.197. The van der Waals surface area contributed by atoms with Crippen molar-refractivity contribution in [2.24, 2.45) is 5.73 Å². The molecule has 1 amide bonds. The number of carbonyl (C=O) groups excluding carboxylic acids is 1. The number of piperidine rings is 1. The third-order valence-corrected chi connectivity index (χ3v) is 2.71. The van der Waals surface area contributed by atoms with Crippen LogP contribution in [-0.4, -0.2) is 42.4 Å². The monoisotopic (exact) mass is 240 g/mol. The number of carbonyl (C=O) groups is 1. The van der Waals surface area contributed by atoms with Crippen LogP contribution < -0.4 is 5.73 Å². The van der Waals surface area contributed by atoms with Crippen molar-refractivity contribution in [2.75, 3.05) is 13.1 Å². The van der Waals surface area contributed by atoms with Crippen molar-refractivity contribution in [2.45, 2.75) is 38.1 Å². The maximum atomic E-state index is 12.6. The van der Waals surface area contributed by atoms with E-state index >= 15 is 0 Å². The maximum absolute atomic E-state index is 12.6. The molecule has 0 saturated carbocycles. The second-order valence-electron chi connectivity index (χ2n) is 3.78. The van der Waals surface area contributed by atoms with Gasteiger partial charge in [0.2, 0.25) is 0 Å². The molecule has 2 atom stereocenters. The summed E-state index contributed by atoms with van der Waals surface area (Å²) in [5.41, 5.74) is 4.83. The summed E-state index contributed by atoms with van der Waals surface area (Å²) < 4.78 is 42.5. The molecule has 1 aliphatic heterocycles. The molecule has 0 aromatic carbocycles. The molecule has 1 rings (SSSR count). The molecule has 0 spiro atoms. The van der Waals surface area contributed by atoms with Crippen LogP contribution in [0.1, 0.15) is 19.8 Å². The summed E-state index contributed by atoms with van der Waals surface area (Å²) in [5, 5.41) is 0. The molecular weight excluding hydrogens is 225 g/mol. The van der Waals surface area contributed by atoms with Gasteiger partial charge in [-0.3, -0.25) is 4.90 Å². The van der Waals surface area contributed by atoms with Gasteiger partial charge in [0.15, 0.2) is 0 Å². The number of hydrogen-bond acceptors (Lipinski definition) is 3. The van der Waals surface area contributed by atoms with Crippen LogP contribution in [0.15, 0.2) is 0 Å². The van der Waals surface area contributed by atoms with Gasteiger partial charge in [-0.2, -0.15) is 13.2 Å². The summed E-state index contributed by atoms with van der Waals surface area (Å²) >= 11 is 0. The van der Waals surface area contributed by atoms with Gasteiger partial charge in [-0.15, -0.1) is 0 Å². The van der Waals surface area contributed by atoms with Gasteiger partial charge < -0.3 is 10.5 Å².